The molecule has 0 fully saturated rings. The van der Waals surface area contributed by atoms with Crippen molar-refractivity contribution in [2.45, 2.75) is 10.2 Å². The predicted octanol–water partition coefficient (Wildman–Crippen LogP) is 0.348. The van der Waals surface area contributed by atoms with Crippen LogP contribution in [-0.4, -0.2) is 22.2 Å². The van der Waals surface area contributed by atoms with Crippen molar-refractivity contribution in [1.29, 1.82) is 0 Å². The Bertz CT molecular complexity index is 190. The summed E-state index contributed by atoms with van der Waals surface area (Å²) < 4.78 is -1.99. The van der Waals surface area contributed by atoms with Gasteiger partial charge in [-0.1, -0.05) is 34.8 Å². The number of nitrogens with one attached hydrogen (secondary N) is 1. The van der Waals surface area contributed by atoms with Gasteiger partial charge in [-0.25, -0.2) is 0 Å². The fourth-order valence-electron chi connectivity index (χ4n) is 0.399. The summed E-state index contributed by atoms with van der Waals surface area (Å²) in [5, 5.41) is 2.22. The van der Waals surface area contributed by atoms with Gasteiger partial charge in [0, 0.05) is 13.0 Å². The molecule has 0 bridgehead atoms. The summed E-state index contributed by atoms with van der Waals surface area (Å²) in [7, 11) is 0. The zero-order valence-electron chi connectivity index (χ0n) is 5.94. The first kappa shape index (κ1) is 11.8. The van der Waals surface area contributed by atoms with Crippen molar-refractivity contribution >= 4 is 46.6 Å². The smallest absolute Gasteiger partial charge is 0.272 e. The molecule has 70 valence electrons. The summed E-state index contributed by atoms with van der Waals surface area (Å²) in [5.41, 5.74) is 4.80. The van der Waals surface area contributed by atoms with E-state index in [0.29, 0.717) is 0 Å². The van der Waals surface area contributed by atoms with E-state index in [9.17, 15) is 9.59 Å². The lowest BCUT2D eigenvalue weighted by molar-refractivity contribution is -0.120. The summed E-state index contributed by atoms with van der Waals surface area (Å²) in [4.78, 5) is 21.0. The Labute approximate surface area is 84.3 Å². The number of alkyl halides is 3. The summed E-state index contributed by atoms with van der Waals surface area (Å²) in [6.07, 6.45) is 0.0203. The van der Waals surface area contributed by atoms with E-state index in [1.807, 2.05) is 0 Å². The standard InChI is InChI=1S/C5H7Cl3N2O2/c6-5(7,8)4(12)10-2-1-3(9)11/h1-2H2,(H2,9,11)(H,10,12). The van der Waals surface area contributed by atoms with E-state index in [0.717, 1.165) is 0 Å². The van der Waals surface area contributed by atoms with E-state index in [1.165, 1.54) is 0 Å². The molecule has 0 unspecified atom stereocenters. The number of hydrogen-bond donors (Lipinski definition) is 2. The highest BCUT2D eigenvalue weighted by atomic mass is 35.6. The molecule has 3 N–H and O–H groups in total. The maximum atomic E-state index is 10.8. The largest absolute Gasteiger partial charge is 0.370 e. The van der Waals surface area contributed by atoms with Crippen LogP contribution in [0, 0.1) is 0 Å². The highest BCUT2D eigenvalue weighted by Crippen LogP contribution is 2.25. The number of carbonyl (C=O) groups excluding carboxylic acids is 2. The number of rotatable bonds is 3. The fraction of sp³-hybridized carbons (Fsp3) is 0.600. The Hall–Kier alpha value is -0.190. The molecule has 0 aromatic rings. The topological polar surface area (TPSA) is 72.2 Å². The first-order valence-electron chi connectivity index (χ1n) is 2.97. The maximum absolute atomic E-state index is 10.8. The molecule has 0 heterocycles. The summed E-state index contributed by atoms with van der Waals surface area (Å²) in [6, 6.07) is 0. The highest BCUT2D eigenvalue weighted by Gasteiger charge is 2.29. The van der Waals surface area contributed by atoms with Gasteiger partial charge in [-0.05, 0) is 0 Å². The molecule has 0 aromatic heterocycles. The minimum absolute atomic E-state index is 0.0203. The molecule has 12 heavy (non-hydrogen) atoms. The van der Waals surface area contributed by atoms with Crippen LogP contribution in [0.25, 0.3) is 0 Å². The van der Waals surface area contributed by atoms with Crippen molar-refractivity contribution in [3.63, 3.8) is 0 Å². The minimum atomic E-state index is -1.99. The van der Waals surface area contributed by atoms with Crippen molar-refractivity contribution in [1.82, 2.24) is 5.32 Å². The Balaban J connectivity index is 3.66. The average molecular weight is 233 g/mol. The lowest BCUT2D eigenvalue weighted by Gasteiger charge is -2.09. The van der Waals surface area contributed by atoms with Crippen LogP contribution in [0.3, 0.4) is 0 Å². The zero-order chi connectivity index (χ0) is 9.78. The van der Waals surface area contributed by atoms with Crippen LogP contribution in [0.15, 0.2) is 0 Å². The van der Waals surface area contributed by atoms with Crippen molar-refractivity contribution < 1.29 is 9.59 Å². The third-order valence-corrected chi connectivity index (χ3v) is 1.43. The first-order valence-corrected chi connectivity index (χ1v) is 4.10. The molecule has 0 rings (SSSR count). The number of amides is 2. The van der Waals surface area contributed by atoms with Gasteiger partial charge in [0.25, 0.3) is 9.70 Å². The molecular formula is C5H7Cl3N2O2. The Morgan fingerprint density at radius 1 is 1.33 bits per heavy atom. The van der Waals surface area contributed by atoms with Gasteiger partial charge in [-0.3, -0.25) is 9.59 Å². The fourth-order valence-corrected chi connectivity index (χ4v) is 0.600. The van der Waals surface area contributed by atoms with Crippen LogP contribution < -0.4 is 11.1 Å². The van der Waals surface area contributed by atoms with Crippen molar-refractivity contribution in [3.8, 4) is 0 Å². The van der Waals surface area contributed by atoms with E-state index in [4.69, 9.17) is 40.5 Å². The van der Waals surface area contributed by atoms with Gasteiger partial charge in [-0.2, -0.15) is 0 Å². The molecule has 0 saturated carbocycles. The molecular weight excluding hydrogens is 226 g/mol. The van der Waals surface area contributed by atoms with Gasteiger partial charge in [-0.15, -0.1) is 0 Å². The summed E-state index contributed by atoms with van der Waals surface area (Å²) >= 11 is 15.6. The number of carbonyl (C=O) groups is 2. The maximum Gasteiger partial charge on any atom is 0.272 e. The number of halogens is 3. The molecule has 4 nitrogen and oxygen atoms in total. The number of hydrogen-bond acceptors (Lipinski definition) is 2. The number of nitrogens with two attached hydrogens (primary N) is 1. The lowest BCUT2D eigenvalue weighted by atomic mass is 10.4. The van der Waals surface area contributed by atoms with E-state index in [1.54, 1.807) is 0 Å². The molecule has 0 atom stereocenters. The molecule has 2 amide bonds. The minimum Gasteiger partial charge on any atom is -0.370 e. The monoisotopic (exact) mass is 232 g/mol. The van der Waals surface area contributed by atoms with E-state index < -0.39 is 15.6 Å². The van der Waals surface area contributed by atoms with Gasteiger partial charge < -0.3 is 11.1 Å². The van der Waals surface area contributed by atoms with Crippen LogP contribution in [0.5, 0.6) is 0 Å². The highest BCUT2D eigenvalue weighted by molar-refractivity contribution is 6.76. The molecule has 0 aliphatic rings. The van der Waals surface area contributed by atoms with Crippen LogP contribution in [0.1, 0.15) is 6.42 Å². The molecule has 0 radical (unpaired) electrons. The van der Waals surface area contributed by atoms with Crippen molar-refractivity contribution in [2.75, 3.05) is 6.54 Å². The molecule has 0 saturated heterocycles. The SMILES string of the molecule is NC(=O)CCNC(=O)C(Cl)(Cl)Cl. The molecule has 0 aromatic carbocycles. The van der Waals surface area contributed by atoms with Crippen LogP contribution >= 0.6 is 34.8 Å². The van der Waals surface area contributed by atoms with Gasteiger partial charge in [0.2, 0.25) is 5.91 Å². The third-order valence-electron chi connectivity index (χ3n) is 0.914. The Morgan fingerprint density at radius 3 is 2.17 bits per heavy atom. The first-order chi connectivity index (χ1) is 5.34. The second kappa shape index (κ2) is 4.74. The van der Waals surface area contributed by atoms with E-state index in [2.05, 4.69) is 5.32 Å². The van der Waals surface area contributed by atoms with Gasteiger partial charge in [0.1, 0.15) is 0 Å². The summed E-state index contributed by atoms with van der Waals surface area (Å²) in [5.74, 6) is -1.30. The molecule has 0 aliphatic carbocycles. The van der Waals surface area contributed by atoms with Crippen LogP contribution in [0.4, 0.5) is 0 Å². The van der Waals surface area contributed by atoms with Crippen LogP contribution in [-0.2, 0) is 9.59 Å². The molecule has 0 spiro atoms. The van der Waals surface area contributed by atoms with Gasteiger partial charge in [0.15, 0.2) is 0 Å². The zero-order valence-corrected chi connectivity index (χ0v) is 8.21. The predicted molar refractivity (Wildman–Crippen MR) is 47.1 cm³/mol. The second-order valence-electron chi connectivity index (χ2n) is 1.97. The van der Waals surface area contributed by atoms with E-state index in [-0.39, 0.29) is 13.0 Å². The van der Waals surface area contributed by atoms with Gasteiger partial charge in [0.05, 0.1) is 0 Å². The Kier molecular flexibility index (Phi) is 4.67. The molecule has 0 aliphatic heterocycles. The number of primary amides is 1. The second-order valence-corrected chi connectivity index (χ2v) is 4.25. The van der Waals surface area contributed by atoms with E-state index >= 15 is 0 Å². The quantitative estimate of drug-likeness (QED) is 0.690. The third kappa shape index (κ3) is 5.46. The average Bonchev–Trinajstić information content (AvgIpc) is 1.84. The normalized spacial score (nSPS) is 10.9. The van der Waals surface area contributed by atoms with Gasteiger partial charge >= 0.3 is 0 Å². The van der Waals surface area contributed by atoms with Crippen molar-refractivity contribution in [3.05, 3.63) is 0 Å². The lowest BCUT2D eigenvalue weighted by Crippen LogP contribution is -2.36. The van der Waals surface area contributed by atoms with Crippen LogP contribution in [0.2, 0.25) is 0 Å². The Morgan fingerprint density at radius 2 is 1.83 bits per heavy atom. The molecule has 7 heteroatoms. The summed E-state index contributed by atoms with van der Waals surface area (Å²) in [6.45, 7) is 0.0715. The van der Waals surface area contributed by atoms with Crippen molar-refractivity contribution in [2.24, 2.45) is 5.73 Å².